The Morgan fingerprint density at radius 1 is 1.33 bits per heavy atom. The van der Waals surface area contributed by atoms with Crippen LogP contribution in [0.3, 0.4) is 0 Å². The van der Waals surface area contributed by atoms with Crippen molar-refractivity contribution in [2.45, 2.75) is 25.7 Å². The summed E-state index contributed by atoms with van der Waals surface area (Å²) in [6.07, 6.45) is 2.43. The van der Waals surface area contributed by atoms with Gasteiger partial charge in [0.1, 0.15) is 0 Å². The molecule has 1 aromatic heterocycles. The van der Waals surface area contributed by atoms with Crippen LogP contribution in [-0.2, 0) is 0 Å². The summed E-state index contributed by atoms with van der Waals surface area (Å²) in [6, 6.07) is 9.41. The number of aryl methyl sites for hydroxylation is 1. The van der Waals surface area contributed by atoms with Crippen LogP contribution < -0.4 is 5.32 Å². The van der Waals surface area contributed by atoms with Gasteiger partial charge >= 0.3 is 0 Å². The van der Waals surface area contributed by atoms with Crippen LogP contribution in [0.15, 0.2) is 30.3 Å². The van der Waals surface area contributed by atoms with Crippen molar-refractivity contribution in [1.82, 2.24) is 10.2 Å². The first-order valence-electron chi connectivity index (χ1n) is 6.16. The van der Waals surface area contributed by atoms with E-state index in [1.807, 2.05) is 37.3 Å². The highest BCUT2D eigenvalue weighted by Crippen LogP contribution is 2.39. The van der Waals surface area contributed by atoms with Crippen molar-refractivity contribution >= 4 is 11.7 Å². The molecule has 0 radical (unpaired) electrons. The molecule has 1 fully saturated rings. The Morgan fingerprint density at radius 2 is 2.06 bits per heavy atom. The average molecular weight is 241 g/mol. The number of H-pyrrole nitrogens is 1. The van der Waals surface area contributed by atoms with Crippen molar-refractivity contribution in [1.29, 1.82) is 0 Å². The maximum atomic E-state index is 12.0. The Bertz CT molecular complexity index is 567. The van der Waals surface area contributed by atoms with Crippen LogP contribution in [0.2, 0.25) is 0 Å². The highest BCUT2D eigenvalue weighted by Gasteiger charge is 2.25. The third-order valence-electron chi connectivity index (χ3n) is 3.17. The molecule has 92 valence electrons. The minimum absolute atomic E-state index is 0.121. The number of carbonyl (C=O) groups excluding carboxylic acids is 1. The molecule has 1 aliphatic rings. The molecule has 0 spiro atoms. The number of amides is 1. The molecular weight excluding hydrogens is 226 g/mol. The number of hydrogen-bond donors (Lipinski definition) is 2. The van der Waals surface area contributed by atoms with Crippen molar-refractivity contribution in [3.8, 4) is 0 Å². The van der Waals surface area contributed by atoms with Gasteiger partial charge < -0.3 is 5.32 Å². The number of rotatable bonds is 3. The molecule has 0 saturated heterocycles. The van der Waals surface area contributed by atoms with Crippen molar-refractivity contribution in [2.75, 3.05) is 5.32 Å². The molecule has 1 aromatic carbocycles. The first kappa shape index (κ1) is 11.0. The largest absolute Gasteiger partial charge is 0.305 e. The second kappa shape index (κ2) is 4.29. The van der Waals surface area contributed by atoms with Crippen LogP contribution in [0.4, 0.5) is 5.82 Å². The Labute approximate surface area is 105 Å². The highest BCUT2D eigenvalue weighted by atomic mass is 16.1. The van der Waals surface area contributed by atoms with Crippen LogP contribution in [0.1, 0.15) is 40.4 Å². The molecule has 0 aliphatic heterocycles. The lowest BCUT2D eigenvalue weighted by Gasteiger charge is -2.01. The number of aromatic nitrogens is 2. The Hall–Kier alpha value is -2.10. The van der Waals surface area contributed by atoms with E-state index in [0.29, 0.717) is 17.3 Å². The summed E-state index contributed by atoms with van der Waals surface area (Å²) in [5.41, 5.74) is 2.91. The maximum absolute atomic E-state index is 12.0. The van der Waals surface area contributed by atoms with Gasteiger partial charge in [0.2, 0.25) is 0 Å². The summed E-state index contributed by atoms with van der Waals surface area (Å²) in [6.45, 7) is 2.00. The van der Waals surface area contributed by atoms with Crippen molar-refractivity contribution in [2.24, 2.45) is 0 Å². The van der Waals surface area contributed by atoms with Gasteiger partial charge in [0.05, 0.1) is 0 Å². The summed E-state index contributed by atoms with van der Waals surface area (Å²) in [4.78, 5) is 12.0. The van der Waals surface area contributed by atoms with Crippen LogP contribution >= 0.6 is 0 Å². The smallest absolute Gasteiger partial charge is 0.256 e. The van der Waals surface area contributed by atoms with Crippen LogP contribution in [-0.4, -0.2) is 16.1 Å². The van der Waals surface area contributed by atoms with Gasteiger partial charge in [-0.05, 0) is 31.9 Å². The summed E-state index contributed by atoms with van der Waals surface area (Å²) in [5, 5.41) is 9.87. The topological polar surface area (TPSA) is 57.8 Å². The number of nitrogens with one attached hydrogen (secondary N) is 2. The van der Waals surface area contributed by atoms with E-state index in [0.717, 1.165) is 11.3 Å². The fourth-order valence-electron chi connectivity index (χ4n) is 1.90. The lowest BCUT2D eigenvalue weighted by Crippen LogP contribution is -2.11. The summed E-state index contributed by atoms with van der Waals surface area (Å²) in [7, 11) is 0. The van der Waals surface area contributed by atoms with Gasteiger partial charge in [-0.15, -0.1) is 0 Å². The van der Waals surface area contributed by atoms with Gasteiger partial charge in [0, 0.05) is 23.2 Å². The van der Waals surface area contributed by atoms with Crippen molar-refractivity contribution < 1.29 is 4.79 Å². The Kier molecular flexibility index (Phi) is 2.63. The number of nitrogens with zero attached hydrogens (tertiary/aromatic N) is 1. The van der Waals surface area contributed by atoms with E-state index in [2.05, 4.69) is 15.5 Å². The fraction of sp³-hybridized carbons (Fsp3) is 0.286. The van der Waals surface area contributed by atoms with Crippen LogP contribution in [0, 0.1) is 6.92 Å². The van der Waals surface area contributed by atoms with E-state index in [1.54, 1.807) is 0 Å². The zero-order valence-corrected chi connectivity index (χ0v) is 10.2. The van der Waals surface area contributed by atoms with E-state index in [4.69, 9.17) is 0 Å². The molecule has 4 heteroatoms. The molecule has 2 aromatic rings. The third kappa shape index (κ3) is 2.27. The van der Waals surface area contributed by atoms with E-state index in [1.165, 1.54) is 12.8 Å². The molecule has 4 nitrogen and oxygen atoms in total. The van der Waals surface area contributed by atoms with Gasteiger partial charge in [-0.2, -0.15) is 5.10 Å². The first-order valence-corrected chi connectivity index (χ1v) is 6.16. The molecule has 0 bridgehead atoms. The Morgan fingerprint density at radius 3 is 2.72 bits per heavy atom. The zero-order valence-electron chi connectivity index (χ0n) is 10.2. The second-order valence-electron chi connectivity index (χ2n) is 4.80. The highest BCUT2D eigenvalue weighted by molar-refractivity contribution is 6.03. The number of anilines is 1. The van der Waals surface area contributed by atoms with Gasteiger partial charge in [-0.1, -0.05) is 17.7 Å². The number of hydrogen-bond acceptors (Lipinski definition) is 2. The second-order valence-corrected chi connectivity index (χ2v) is 4.80. The number of benzene rings is 1. The zero-order chi connectivity index (χ0) is 12.5. The lowest BCUT2D eigenvalue weighted by molar-refractivity contribution is 0.102. The molecule has 1 amide bonds. The normalized spacial score (nSPS) is 14.5. The quantitative estimate of drug-likeness (QED) is 0.868. The minimum atomic E-state index is -0.121. The molecule has 0 atom stereocenters. The van der Waals surface area contributed by atoms with Gasteiger partial charge in [0.25, 0.3) is 5.91 Å². The first-order chi connectivity index (χ1) is 8.72. The minimum Gasteiger partial charge on any atom is -0.305 e. The molecule has 1 heterocycles. The lowest BCUT2D eigenvalue weighted by atomic mass is 10.1. The standard InChI is InChI=1S/C14H15N3O/c1-9-2-4-11(5-3-9)14(18)15-13-8-12(16-17-13)10-6-7-10/h2-5,8,10H,6-7H2,1H3,(H2,15,16,17,18). The average Bonchev–Trinajstić information content (AvgIpc) is 3.11. The van der Waals surface area contributed by atoms with E-state index in [9.17, 15) is 4.79 Å². The van der Waals surface area contributed by atoms with E-state index in [-0.39, 0.29) is 5.91 Å². The summed E-state index contributed by atoms with van der Waals surface area (Å²) in [5.74, 6) is 1.09. The summed E-state index contributed by atoms with van der Waals surface area (Å²) >= 11 is 0. The molecule has 3 rings (SSSR count). The predicted octanol–water partition coefficient (Wildman–Crippen LogP) is 2.85. The van der Waals surface area contributed by atoms with Gasteiger partial charge in [-0.25, -0.2) is 0 Å². The molecule has 1 saturated carbocycles. The molecule has 2 N–H and O–H groups in total. The molecule has 0 unspecified atom stereocenters. The molecule has 18 heavy (non-hydrogen) atoms. The Balaban J connectivity index is 1.70. The number of carbonyl (C=O) groups is 1. The van der Waals surface area contributed by atoms with E-state index >= 15 is 0 Å². The van der Waals surface area contributed by atoms with Crippen LogP contribution in [0.25, 0.3) is 0 Å². The fourth-order valence-corrected chi connectivity index (χ4v) is 1.90. The predicted molar refractivity (Wildman–Crippen MR) is 69.7 cm³/mol. The number of aromatic amines is 1. The third-order valence-corrected chi connectivity index (χ3v) is 3.17. The van der Waals surface area contributed by atoms with Crippen molar-refractivity contribution in [3.05, 3.63) is 47.2 Å². The SMILES string of the molecule is Cc1ccc(C(=O)Nc2cc(C3CC3)[nH]n2)cc1. The molecule has 1 aliphatic carbocycles. The van der Waals surface area contributed by atoms with E-state index < -0.39 is 0 Å². The van der Waals surface area contributed by atoms with Gasteiger partial charge in [0.15, 0.2) is 5.82 Å². The molecular formula is C14H15N3O. The van der Waals surface area contributed by atoms with Gasteiger partial charge in [-0.3, -0.25) is 9.89 Å². The van der Waals surface area contributed by atoms with Crippen molar-refractivity contribution in [3.63, 3.8) is 0 Å². The van der Waals surface area contributed by atoms with Crippen LogP contribution in [0.5, 0.6) is 0 Å². The summed E-state index contributed by atoms with van der Waals surface area (Å²) < 4.78 is 0. The monoisotopic (exact) mass is 241 g/mol. The maximum Gasteiger partial charge on any atom is 0.256 e.